The summed E-state index contributed by atoms with van der Waals surface area (Å²) in [6, 6.07) is 0. The molecule has 0 aliphatic carbocycles. The van der Waals surface area contributed by atoms with Gasteiger partial charge in [0.25, 0.3) is 0 Å². The van der Waals surface area contributed by atoms with Crippen LogP contribution in [0.5, 0.6) is 0 Å². The first-order valence-corrected chi connectivity index (χ1v) is 5.88. The molecule has 2 unspecified atom stereocenters. The zero-order valence-electron chi connectivity index (χ0n) is 10.7. The highest BCUT2D eigenvalue weighted by Gasteiger charge is 2.25. The first-order chi connectivity index (χ1) is 7.84. The first kappa shape index (κ1) is 15.8. The smallest absolute Gasteiger partial charge is 0.310 e. The summed E-state index contributed by atoms with van der Waals surface area (Å²) in [6.45, 7) is 3.85. The number of thiocarbonyl (C=S) groups is 1. The van der Waals surface area contributed by atoms with Crippen LogP contribution in [-0.2, 0) is 14.3 Å². The second-order valence-corrected chi connectivity index (χ2v) is 4.48. The van der Waals surface area contributed by atoms with Crippen molar-refractivity contribution in [3.8, 4) is 0 Å². The van der Waals surface area contributed by atoms with Crippen LogP contribution in [0, 0.1) is 11.8 Å². The van der Waals surface area contributed by atoms with Crippen molar-refractivity contribution in [3.63, 3.8) is 0 Å². The van der Waals surface area contributed by atoms with E-state index in [0.717, 1.165) is 0 Å². The lowest BCUT2D eigenvalue weighted by atomic mass is 10.0. The maximum Gasteiger partial charge on any atom is 0.310 e. The van der Waals surface area contributed by atoms with Crippen LogP contribution in [0.3, 0.4) is 0 Å². The van der Waals surface area contributed by atoms with E-state index in [4.69, 9.17) is 18.0 Å². The Hall–Kier alpha value is -1.17. The molecule has 5 nitrogen and oxygen atoms in total. The van der Waals surface area contributed by atoms with Gasteiger partial charge in [0, 0.05) is 13.6 Å². The quantitative estimate of drug-likeness (QED) is 0.558. The minimum atomic E-state index is -0.458. The van der Waals surface area contributed by atoms with Gasteiger partial charge in [-0.25, -0.2) is 0 Å². The van der Waals surface area contributed by atoms with Crippen molar-refractivity contribution in [2.24, 2.45) is 17.6 Å². The summed E-state index contributed by atoms with van der Waals surface area (Å²) in [5.74, 6) is -1.32. The van der Waals surface area contributed by atoms with Gasteiger partial charge in [-0.05, 0) is 6.42 Å². The number of methoxy groups -OCH3 is 1. The summed E-state index contributed by atoms with van der Waals surface area (Å²) in [7, 11) is 2.95. The zero-order valence-corrected chi connectivity index (χ0v) is 11.5. The maximum absolute atomic E-state index is 12.0. The van der Waals surface area contributed by atoms with Crippen LogP contribution in [0.25, 0.3) is 0 Å². The lowest BCUT2D eigenvalue weighted by molar-refractivity contribution is -0.146. The Balaban J connectivity index is 4.50. The van der Waals surface area contributed by atoms with Gasteiger partial charge in [0.15, 0.2) is 0 Å². The number of esters is 1. The van der Waals surface area contributed by atoms with Crippen molar-refractivity contribution in [1.29, 1.82) is 0 Å². The molecule has 6 heteroatoms. The molecule has 0 aromatic heterocycles. The van der Waals surface area contributed by atoms with Crippen LogP contribution < -0.4 is 5.73 Å². The summed E-state index contributed by atoms with van der Waals surface area (Å²) < 4.78 is 4.60. The average molecular weight is 260 g/mol. The highest BCUT2D eigenvalue weighted by atomic mass is 32.1. The Bertz CT molecular complexity index is 307. The molecule has 0 fully saturated rings. The van der Waals surface area contributed by atoms with Gasteiger partial charge in [-0.2, -0.15) is 0 Å². The van der Waals surface area contributed by atoms with Crippen molar-refractivity contribution in [3.05, 3.63) is 0 Å². The van der Waals surface area contributed by atoms with E-state index in [1.807, 2.05) is 6.92 Å². The van der Waals surface area contributed by atoms with Gasteiger partial charge < -0.3 is 15.4 Å². The zero-order chi connectivity index (χ0) is 13.6. The van der Waals surface area contributed by atoms with E-state index in [1.54, 1.807) is 14.0 Å². The van der Waals surface area contributed by atoms with Crippen LogP contribution in [-0.4, -0.2) is 42.5 Å². The third-order valence-electron chi connectivity index (χ3n) is 2.58. The molecule has 0 bridgehead atoms. The summed E-state index contributed by atoms with van der Waals surface area (Å²) in [4.78, 5) is 24.9. The molecule has 2 atom stereocenters. The van der Waals surface area contributed by atoms with Crippen LogP contribution in [0.4, 0.5) is 0 Å². The van der Waals surface area contributed by atoms with Gasteiger partial charge in [-0.3, -0.25) is 9.59 Å². The summed E-state index contributed by atoms with van der Waals surface area (Å²) >= 11 is 4.84. The summed E-state index contributed by atoms with van der Waals surface area (Å²) in [6.07, 6.45) is 0.561. The number of hydrogen-bond acceptors (Lipinski definition) is 4. The molecule has 98 valence electrons. The minimum absolute atomic E-state index is 0.157. The molecular formula is C11H20N2O3S. The fourth-order valence-corrected chi connectivity index (χ4v) is 1.81. The third-order valence-corrected chi connectivity index (χ3v) is 2.86. The van der Waals surface area contributed by atoms with Gasteiger partial charge in [-0.15, -0.1) is 0 Å². The predicted molar refractivity (Wildman–Crippen MR) is 69.4 cm³/mol. The molecule has 1 amide bonds. The highest BCUT2D eigenvalue weighted by molar-refractivity contribution is 7.80. The molecule has 0 radical (unpaired) electrons. The number of rotatable bonds is 6. The van der Waals surface area contributed by atoms with Gasteiger partial charge >= 0.3 is 5.97 Å². The Kier molecular flexibility index (Phi) is 6.72. The Morgan fingerprint density at radius 2 is 2.00 bits per heavy atom. The van der Waals surface area contributed by atoms with E-state index >= 15 is 0 Å². The van der Waals surface area contributed by atoms with Crippen molar-refractivity contribution in [1.82, 2.24) is 4.90 Å². The molecule has 0 aromatic carbocycles. The standard InChI is InChI=1S/C11H20N2O3S/c1-5-8(9(12)17)10(14)13(3)6-7(2)11(15)16-4/h7-8H,5-6H2,1-4H3,(H2,12,17). The number of nitrogens with zero attached hydrogens (tertiary/aromatic N) is 1. The molecule has 0 saturated carbocycles. The van der Waals surface area contributed by atoms with E-state index in [1.165, 1.54) is 12.0 Å². The molecule has 0 heterocycles. The van der Waals surface area contributed by atoms with Crippen LogP contribution in [0.15, 0.2) is 0 Å². The van der Waals surface area contributed by atoms with Gasteiger partial charge in [-0.1, -0.05) is 26.1 Å². The van der Waals surface area contributed by atoms with Crippen LogP contribution in [0.2, 0.25) is 0 Å². The van der Waals surface area contributed by atoms with Gasteiger partial charge in [0.1, 0.15) is 0 Å². The molecule has 17 heavy (non-hydrogen) atoms. The number of hydrogen-bond donors (Lipinski definition) is 1. The summed E-state index contributed by atoms with van der Waals surface area (Å²) in [5, 5.41) is 0. The maximum atomic E-state index is 12.0. The molecule has 0 rings (SSSR count). The minimum Gasteiger partial charge on any atom is -0.469 e. The third kappa shape index (κ3) is 4.68. The van der Waals surface area contributed by atoms with Crippen molar-refractivity contribution in [2.45, 2.75) is 20.3 Å². The topological polar surface area (TPSA) is 72.6 Å². The first-order valence-electron chi connectivity index (χ1n) is 5.47. The van der Waals surface area contributed by atoms with Crippen molar-refractivity contribution in [2.75, 3.05) is 20.7 Å². The van der Waals surface area contributed by atoms with Crippen LogP contribution >= 0.6 is 12.2 Å². The second kappa shape index (κ2) is 7.21. The van der Waals surface area contributed by atoms with E-state index in [0.29, 0.717) is 13.0 Å². The van der Waals surface area contributed by atoms with E-state index < -0.39 is 5.92 Å². The van der Waals surface area contributed by atoms with Gasteiger partial charge in [0.2, 0.25) is 5.91 Å². The van der Waals surface area contributed by atoms with Crippen molar-refractivity contribution < 1.29 is 14.3 Å². The fraction of sp³-hybridized carbons (Fsp3) is 0.727. The molecular weight excluding hydrogens is 240 g/mol. The molecule has 0 aliphatic rings. The Labute approximate surface area is 107 Å². The number of carbonyl (C=O) groups is 2. The SMILES string of the molecule is CCC(C(=O)N(C)CC(C)C(=O)OC)C(N)=S. The monoisotopic (exact) mass is 260 g/mol. The highest BCUT2D eigenvalue weighted by Crippen LogP contribution is 2.09. The van der Waals surface area contributed by atoms with E-state index in [9.17, 15) is 9.59 Å². The number of nitrogens with two attached hydrogens (primary N) is 1. The number of amides is 1. The Morgan fingerprint density at radius 3 is 2.35 bits per heavy atom. The molecule has 0 saturated heterocycles. The lowest BCUT2D eigenvalue weighted by Crippen LogP contribution is -2.41. The Morgan fingerprint density at radius 1 is 1.47 bits per heavy atom. The number of carbonyl (C=O) groups excluding carboxylic acids is 2. The summed E-state index contributed by atoms with van der Waals surface area (Å²) in [5.41, 5.74) is 5.50. The van der Waals surface area contributed by atoms with Crippen molar-refractivity contribution >= 4 is 29.1 Å². The van der Waals surface area contributed by atoms with E-state index in [2.05, 4.69) is 4.74 Å². The van der Waals surface area contributed by atoms with Gasteiger partial charge in [0.05, 0.1) is 23.9 Å². The normalized spacial score (nSPS) is 13.6. The average Bonchev–Trinajstić information content (AvgIpc) is 2.27. The number of ether oxygens (including phenoxy) is 1. The molecule has 0 spiro atoms. The fourth-order valence-electron chi connectivity index (χ4n) is 1.54. The largest absolute Gasteiger partial charge is 0.469 e. The molecule has 0 aromatic rings. The lowest BCUT2D eigenvalue weighted by Gasteiger charge is -2.24. The second-order valence-electron chi connectivity index (χ2n) is 4.01. The predicted octanol–water partition coefficient (Wildman–Crippen LogP) is 0.566. The molecule has 0 aliphatic heterocycles. The van der Waals surface area contributed by atoms with E-state index in [-0.39, 0.29) is 22.8 Å². The molecule has 2 N–H and O–H groups in total. The van der Waals surface area contributed by atoms with Crippen LogP contribution in [0.1, 0.15) is 20.3 Å².